The maximum atomic E-state index is 12.3. The van der Waals surface area contributed by atoms with Gasteiger partial charge in [0, 0.05) is 17.4 Å². The molecule has 0 bridgehead atoms. The zero-order valence-electron chi connectivity index (χ0n) is 13.4. The van der Waals surface area contributed by atoms with E-state index >= 15 is 0 Å². The topological polar surface area (TPSA) is 63.6 Å². The second-order valence-corrected chi connectivity index (χ2v) is 6.88. The molecule has 1 aromatic carbocycles. The van der Waals surface area contributed by atoms with Crippen LogP contribution in [-0.2, 0) is 16.2 Å². The van der Waals surface area contributed by atoms with Gasteiger partial charge in [0.25, 0.3) is 5.91 Å². The Labute approximate surface area is 139 Å². The van der Waals surface area contributed by atoms with Crippen molar-refractivity contribution in [2.75, 3.05) is 0 Å². The number of aromatic nitrogens is 1. The molecule has 1 amide bonds. The van der Waals surface area contributed by atoms with Crippen molar-refractivity contribution in [1.82, 2.24) is 10.3 Å². The number of benzene rings is 1. The summed E-state index contributed by atoms with van der Waals surface area (Å²) in [5.41, 5.74) is 3.08. The highest BCUT2D eigenvalue weighted by atomic mass is 32.1. The number of hydrogen-bond acceptors (Lipinski definition) is 5. The molecule has 2 heterocycles. The average Bonchev–Trinajstić information content (AvgIpc) is 3.12. The number of nitrogens with zero attached hydrogens (tertiary/aromatic N) is 2. The summed E-state index contributed by atoms with van der Waals surface area (Å²) in [5, 5.41) is 9.67. The quantitative estimate of drug-likeness (QED) is 0.936. The van der Waals surface area contributed by atoms with Gasteiger partial charge in [-0.25, -0.2) is 4.98 Å². The number of nitrogens with one attached hydrogen (secondary N) is 1. The summed E-state index contributed by atoms with van der Waals surface area (Å²) in [5.74, 6) is -0.164. The summed E-state index contributed by atoms with van der Waals surface area (Å²) in [6.07, 6.45) is 0.518. The highest BCUT2D eigenvalue weighted by Crippen LogP contribution is 2.25. The van der Waals surface area contributed by atoms with E-state index in [1.807, 2.05) is 24.4 Å². The largest absolute Gasteiger partial charge is 0.379 e. The third-order valence-corrected chi connectivity index (χ3v) is 4.66. The molecule has 5 nitrogen and oxygen atoms in total. The first kappa shape index (κ1) is 15.7. The molecule has 0 spiro atoms. The van der Waals surface area contributed by atoms with E-state index in [0.717, 1.165) is 22.0 Å². The van der Waals surface area contributed by atoms with Crippen molar-refractivity contribution in [2.24, 2.45) is 5.16 Å². The molecule has 1 N–H and O–H groups in total. The molecular formula is C17H19N3O2S. The van der Waals surface area contributed by atoms with Crippen molar-refractivity contribution < 1.29 is 9.63 Å². The van der Waals surface area contributed by atoms with E-state index < -0.39 is 5.60 Å². The number of amides is 1. The van der Waals surface area contributed by atoms with Crippen molar-refractivity contribution in [3.05, 3.63) is 40.9 Å². The Morgan fingerprint density at radius 1 is 1.43 bits per heavy atom. The van der Waals surface area contributed by atoms with Crippen molar-refractivity contribution in [3.63, 3.8) is 0 Å². The van der Waals surface area contributed by atoms with Crippen molar-refractivity contribution in [2.45, 2.75) is 39.3 Å². The number of rotatable bonds is 4. The van der Waals surface area contributed by atoms with Gasteiger partial charge in [0.15, 0.2) is 0 Å². The van der Waals surface area contributed by atoms with E-state index in [2.05, 4.69) is 34.5 Å². The first-order chi connectivity index (χ1) is 11.0. The van der Waals surface area contributed by atoms with Gasteiger partial charge in [-0.05, 0) is 26.8 Å². The van der Waals surface area contributed by atoms with Crippen LogP contribution in [0.3, 0.4) is 0 Å². The molecule has 1 aliphatic rings. The Balaban J connectivity index is 1.63. The van der Waals surface area contributed by atoms with Crippen molar-refractivity contribution in [1.29, 1.82) is 0 Å². The highest BCUT2D eigenvalue weighted by Gasteiger charge is 2.40. The van der Waals surface area contributed by atoms with Crippen LogP contribution in [0.15, 0.2) is 34.8 Å². The number of oxime groups is 1. The fourth-order valence-corrected chi connectivity index (χ4v) is 3.33. The molecular weight excluding hydrogens is 310 g/mol. The minimum absolute atomic E-state index is 0.164. The third kappa shape index (κ3) is 3.42. The van der Waals surface area contributed by atoms with E-state index in [0.29, 0.717) is 13.0 Å². The molecule has 0 radical (unpaired) electrons. The van der Waals surface area contributed by atoms with Crippen LogP contribution in [0.25, 0.3) is 10.6 Å². The first-order valence-corrected chi connectivity index (χ1v) is 8.36. The van der Waals surface area contributed by atoms with Crippen LogP contribution in [0.1, 0.15) is 31.5 Å². The van der Waals surface area contributed by atoms with Crippen LogP contribution in [0.5, 0.6) is 0 Å². The van der Waals surface area contributed by atoms with Crippen LogP contribution in [0.2, 0.25) is 0 Å². The van der Waals surface area contributed by atoms with Crippen LogP contribution in [-0.4, -0.2) is 22.2 Å². The smallest absolute Gasteiger partial charge is 0.267 e. The zero-order chi connectivity index (χ0) is 16.4. The van der Waals surface area contributed by atoms with Gasteiger partial charge in [-0.15, -0.1) is 11.3 Å². The predicted octanol–water partition coefficient (Wildman–Crippen LogP) is 3.29. The van der Waals surface area contributed by atoms with Gasteiger partial charge in [0.2, 0.25) is 5.60 Å². The Morgan fingerprint density at radius 3 is 2.96 bits per heavy atom. The number of carbonyl (C=O) groups is 1. The Kier molecular flexibility index (Phi) is 4.17. The molecule has 0 aliphatic carbocycles. The Morgan fingerprint density at radius 2 is 2.26 bits per heavy atom. The standard InChI is InChI=1S/C17H19N3O2S/c1-11-5-4-6-13(7-11)15-19-14(10-23-15)9-18-16(21)17(3)8-12(2)20-22-17/h4-7,10H,8-9H2,1-3H3,(H,18,21)/t17-/m0/s1. The predicted molar refractivity (Wildman–Crippen MR) is 91.3 cm³/mol. The molecule has 3 rings (SSSR count). The maximum absolute atomic E-state index is 12.3. The van der Waals surface area contributed by atoms with E-state index in [-0.39, 0.29) is 5.91 Å². The molecule has 0 fully saturated rings. The molecule has 1 aliphatic heterocycles. The normalized spacial score (nSPS) is 20.0. The number of thiazole rings is 1. The minimum atomic E-state index is -0.903. The SMILES string of the molecule is CC1=NO[C@](C)(C(=O)NCc2csc(-c3cccc(C)c3)n2)C1. The summed E-state index contributed by atoms with van der Waals surface area (Å²) in [6, 6.07) is 8.23. The molecule has 0 saturated carbocycles. The summed E-state index contributed by atoms with van der Waals surface area (Å²) in [7, 11) is 0. The van der Waals surface area contributed by atoms with Crippen LogP contribution in [0.4, 0.5) is 0 Å². The van der Waals surface area contributed by atoms with Gasteiger partial charge in [0.1, 0.15) is 5.01 Å². The lowest BCUT2D eigenvalue weighted by atomic mass is 9.99. The molecule has 120 valence electrons. The lowest BCUT2D eigenvalue weighted by Crippen LogP contribution is -2.44. The summed E-state index contributed by atoms with van der Waals surface area (Å²) in [4.78, 5) is 22.1. The Bertz CT molecular complexity index is 769. The van der Waals surface area contributed by atoms with E-state index in [9.17, 15) is 4.79 Å². The molecule has 0 unspecified atom stereocenters. The average molecular weight is 329 g/mol. The fourth-order valence-electron chi connectivity index (χ4n) is 2.51. The van der Waals surface area contributed by atoms with Gasteiger partial charge in [-0.3, -0.25) is 4.79 Å². The van der Waals surface area contributed by atoms with Gasteiger partial charge in [-0.1, -0.05) is 28.9 Å². The molecule has 1 atom stereocenters. The lowest BCUT2D eigenvalue weighted by molar-refractivity contribution is -0.141. The summed E-state index contributed by atoms with van der Waals surface area (Å²) < 4.78 is 0. The number of aryl methyl sites for hydroxylation is 1. The fraction of sp³-hybridized carbons (Fsp3) is 0.353. The van der Waals surface area contributed by atoms with E-state index in [4.69, 9.17) is 4.84 Å². The number of carbonyl (C=O) groups excluding carboxylic acids is 1. The lowest BCUT2D eigenvalue weighted by Gasteiger charge is -2.19. The van der Waals surface area contributed by atoms with E-state index in [1.54, 1.807) is 18.3 Å². The zero-order valence-corrected chi connectivity index (χ0v) is 14.2. The highest BCUT2D eigenvalue weighted by molar-refractivity contribution is 7.13. The molecule has 2 aromatic rings. The van der Waals surface area contributed by atoms with Crippen LogP contribution in [0, 0.1) is 6.92 Å². The summed E-state index contributed by atoms with van der Waals surface area (Å²) >= 11 is 1.58. The van der Waals surface area contributed by atoms with Crippen LogP contribution < -0.4 is 5.32 Å². The number of hydrogen-bond donors (Lipinski definition) is 1. The second kappa shape index (κ2) is 6.12. The van der Waals surface area contributed by atoms with Gasteiger partial charge in [0.05, 0.1) is 18.0 Å². The second-order valence-electron chi connectivity index (χ2n) is 6.02. The minimum Gasteiger partial charge on any atom is -0.379 e. The summed E-state index contributed by atoms with van der Waals surface area (Å²) in [6.45, 7) is 6.05. The molecule has 0 saturated heterocycles. The Hall–Kier alpha value is -2.21. The van der Waals surface area contributed by atoms with Crippen molar-refractivity contribution in [3.8, 4) is 10.6 Å². The molecule has 6 heteroatoms. The van der Waals surface area contributed by atoms with Crippen LogP contribution >= 0.6 is 11.3 Å². The molecule has 1 aromatic heterocycles. The van der Waals surface area contributed by atoms with E-state index in [1.165, 1.54) is 5.56 Å². The molecule has 23 heavy (non-hydrogen) atoms. The van der Waals surface area contributed by atoms with Gasteiger partial charge >= 0.3 is 0 Å². The van der Waals surface area contributed by atoms with Crippen molar-refractivity contribution >= 4 is 23.0 Å². The maximum Gasteiger partial charge on any atom is 0.267 e. The first-order valence-electron chi connectivity index (χ1n) is 7.48. The van der Waals surface area contributed by atoms with Gasteiger partial charge < -0.3 is 10.2 Å². The monoisotopic (exact) mass is 329 g/mol. The third-order valence-electron chi connectivity index (χ3n) is 3.72. The van der Waals surface area contributed by atoms with Gasteiger partial charge in [-0.2, -0.15) is 0 Å².